The number of rotatable bonds is 3. The zero-order valence-electron chi connectivity index (χ0n) is 8.21. The molecule has 0 bridgehead atoms. The van der Waals surface area contributed by atoms with Crippen molar-refractivity contribution in [3.8, 4) is 6.07 Å². The number of nitrogens with zero attached hydrogens (tertiary/aromatic N) is 1. The number of hydrogen-bond acceptors (Lipinski definition) is 4. The Labute approximate surface area is 95.1 Å². The number of thiol groups is 1. The van der Waals surface area contributed by atoms with Crippen LogP contribution >= 0.6 is 12.6 Å². The minimum Gasteiger partial charge on any atom is -0.227 e. The molecule has 80 valence electrons. The van der Waals surface area contributed by atoms with E-state index in [9.17, 15) is 8.42 Å². The van der Waals surface area contributed by atoms with Crippen LogP contribution in [-0.2, 0) is 15.6 Å². The zero-order valence-corrected chi connectivity index (χ0v) is 9.92. The van der Waals surface area contributed by atoms with Gasteiger partial charge in [-0.05, 0) is 24.6 Å². The monoisotopic (exact) mass is 241 g/mol. The van der Waals surface area contributed by atoms with E-state index in [0.717, 1.165) is 0 Å². The zero-order chi connectivity index (χ0) is 11.5. The molecular formula is C10H11NO2S2. The summed E-state index contributed by atoms with van der Waals surface area (Å²) in [6.45, 7) is 1.53. The molecule has 0 heterocycles. The normalized spacial score (nSPS) is 13.1. The van der Waals surface area contributed by atoms with E-state index in [0.29, 0.717) is 11.1 Å². The summed E-state index contributed by atoms with van der Waals surface area (Å²) in [5, 5.41) is 8.57. The molecule has 1 unspecified atom stereocenters. The Balaban J connectivity index is 2.88. The predicted molar refractivity (Wildman–Crippen MR) is 62.2 cm³/mol. The molecule has 0 saturated carbocycles. The van der Waals surface area contributed by atoms with E-state index in [1.165, 1.54) is 6.92 Å². The van der Waals surface area contributed by atoms with E-state index in [4.69, 9.17) is 5.26 Å². The Kier molecular flexibility index (Phi) is 3.77. The van der Waals surface area contributed by atoms with Crippen LogP contribution in [0.3, 0.4) is 0 Å². The van der Waals surface area contributed by atoms with Crippen molar-refractivity contribution in [3.63, 3.8) is 0 Å². The molecule has 1 atom stereocenters. The number of sulfone groups is 1. The van der Waals surface area contributed by atoms with Gasteiger partial charge < -0.3 is 0 Å². The standard InChI is InChI=1S/C10H11NO2S2/c1-8(14)15(12,13)7-10-4-2-9(6-11)3-5-10/h2-5,8,14H,7H2,1H3. The van der Waals surface area contributed by atoms with E-state index >= 15 is 0 Å². The Bertz CT molecular complexity index is 469. The Hall–Kier alpha value is -0.990. The SMILES string of the molecule is CC(S)S(=O)(=O)Cc1ccc(C#N)cc1. The first-order chi connectivity index (χ1) is 6.95. The summed E-state index contributed by atoms with van der Waals surface area (Å²) in [7, 11) is -3.19. The molecule has 0 aliphatic heterocycles. The maximum absolute atomic E-state index is 11.5. The first kappa shape index (κ1) is 12.1. The van der Waals surface area contributed by atoms with Gasteiger partial charge in [0.15, 0.2) is 9.84 Å². The summed E-state index contributed by atoms with van der Waals surface area (Å²) in [5.74, 6) is -0.0383. The minimum atomic E-state index is -3.19. The van der Waals surface area contributed by atoms with Crippen molar-refractivity contribution in [1.82, 2.24) is 0 Å². The highest BCUT2D eigenvalue weighted by molar-refractivity contribution is 8.04. The van der Waals surface area contributed by atoms with Crippen molar-refractivity contribution in [2.75, 3.05) is 0 Å². The fourth-order valence-electron chi connectivity index (χ4n) is 1.03. The van der Waals surface area contributed by atoms with E-state index in [1.54, 1.807) is 24.3 Å². The Morgan fingerprint density at radius 2 is 1.93 bits per heavy atom. The second-order valence-electron chi connectivity index (χ2n) is 3.22. The van der Waals surface area contributed by atoms with Crippen LogP contribution in [-0.4, -0.2) is 13.0 Å². The molecule has 0 spiro atoms. The average Bonchev–Trinajstić information content (AvgIpc) is 2.18. The molecule has 0 saturated heterocycles. The molecule has 0 amide bonds. The lowest BCUT2D eigenvalue weighted by Gasteiger charge is -2.06. The van der Waals surface area contributed by atoms with Crippen LogP contribution in [0.25, 0.3) is 0 Å². The van der Waals surface area contributed by atoms with Gasteiger partial charge in [-0.3, -0.25) is 0 Å². The molecule has 3 nitrogen and oxygen atoms in total. The third-order valence-electron chi connectivity index (χ3n) is 1.97. The Morgan fingerprint density at radius 1 is 1.40 bits per heavy atom. The molecule has 1 rings (SSSR count). The maximum atomic E-state index is 11.5. The molecule has 0 aromatic heterocycles. The van der Waals surface area contributed by atoms with Crippen LogP contribution in [0.4, 0.5) is 0 Å². The first-order valence-electron chi connectivity index (χ1n) is 4.34. The van der Waals surface area contributed by atoms with Gasteiger partial charge in [0.05, 0.1) is 17.4 Å². The molecule has 0 N–H and O–H groups in total. The van der Waals surface area contributed by atoms with Crippen LogP contribution < -0.4 is 0 Å². The highest BCUT2D eigenvalue weighted by atomic mass is 32.2. The molecule has 0 fully saturated rings. The molecule has 0 aliphatic rings. The van der Waals surface area contributed by atoms with Gasteiger partial charge >= 0.3 is 0 Å². The third-order valence-corrected chi connectivity index (χ3v) is 4.71. The molecule has 5 heteroatoms. The number of nitriles is 1. The third kappa shape index (κ3) is 3.26. The predicted octanol–water partition coefficient (Wildman–Crippen LogP) is 1.75. The smallest absolute Gasteiger partial charge is 0.166 e. The highest BCUT2D eigenvalue weighted by Crippen LogP contribution is 2.13. The van der Waals surface area contributed by atoms with Crippen molar-refractivity contribution in [2.24, 2.45) is 0 Å². The molecule has 15 heavy (non-hydrogen) atoms. The lowest BCUT2D eigenvalue weighted by atomic mass is 10.2. The van der Waals surface area contributed by atoms with Gasteiger partial charge in [-0.1, -0.05) is 12.1 Å². The summed E-state index contributed by atoms with van der Waals surface area (Å²) < 4.78 is 22.4. The summed E-state index contributed by atoms with van der Waals surface area (Å²) in [6.07, 6.45) is 0. The number of hydrogen-bond donors (Lipinski definition) is 1. The van der Waals surface area contributed by atoms with Crippen LogP contribution in [0.1, 0.15) is 18.1 Å². The minimum absolute atomic E-state index is 0.0383. The topological polar surface area (TPSA) is 57.9 Å². The quantitative estimate of drug-likeness (QED) is 0.820. The van der Waals surface area contributed by atoms with Crippen molar-refractivity contribution in [3.05, 3.63) is 35.4 Å². The molecule has 0 aliphatic carbocycles. The summed E-state index contributed by atoms with van der Waals surface area (Å²) in [6, 6.07) is 8.48. The van der Waals surface area contributed by atoms with Crippen molar-refractivity contribution in [2.45, 2.75) is 17.3 Å². The van der Waals surface area contributed by atoms with Crippen LogP contribution in [0.5, 0.6) is 0 Å². The van der Waals surface area contributed by atoms with Gasteiger partial charge in [-0.25, -0.2) is 8.42 Å². The molecular weight excluding hydrogens is 230 g/mol. The maximum Gasteiger partial charge on any atom is 0.166 e. The largest absolute Gasteiger partial charge is 0.227 e. The summed E-state index contributed by atoms with van der Waals surface area (Å²) in [5.41, 5.74) is 1.20. The second kappa shape index (κ2) is 4.69. The van der Waals surface area contributed by atoms with E-state index in [1.807, 2.05) is 6.07 Å². The van der Waals surface area contributed by atoms with Gasteiger partial charge in [0.2, 0.25) is 0 Å². The van der Waals surface area contributed by atoms with Gasteiger partial charge in [0, 0.05) is 0 Å². The lowest BCUT2D eigenvalue weighted by Crippen LogP contribution is -2.13. The number of benzene rings is 1. The molecule has 1 aromatic carbocycles. The molecule has 0 radical (unpaired) electrons. The van der Waals surface area contributed by atoms with E-state index < -0.39 is 14.4 Å². The lowest BCUT2D eigenvalue weighted by molar-refractivity contribution is 0.594. The van der Waals surface area contributed by atoms with E-state index in [2.05, 4.69) is 12.6 Å². The summed E-state index contributed by atoms with van der Waals surface area (Å²) >= 11 is 3.91. The Morgan fingerprint density at radius 3 is 2.33 bits per heavy atom. The van der Waals surface area contributed by atoms with Crippen molar-refractivity contribution in [1.29, 1.82) is 5.26 Å². The van der Waals surface area contributed by atoms with Gasteiger partial charge in [-0.15, -0.1) is 0 Å². The fourth-order valence-corrected chi connectivity index (χ4v) is 2.15. The highest BCUT2D eigenvalue weighted by Gasteiger charge is 2.17. The van der Waals surface area contributed by atoms with Crippen LogP contribution in [0.2, 0.25) is 0 Å². The molecule has 1 aromatic rings. The van der Waals surface area contributed by atoms with Gasteiger partial charge in [-0.2, -0.15) is 17.9 Å². The van der Waals surface area contributed by atoms with Crippen LogP contribution in [0.15, 0.2) is 24.3 Å². The van der Waals surface area contributed by atoms with Gasteiger partial charge in [0.25, 0.3) is 0 Å². The first-order valence-corrected chi connectivity index (χ1v) is 6.57. The van der Waals surface area contributed by atoms with Crippen molar-refractivity contribution >= 4 is 22.5 Å². The van der Waals surface area contributed by atoms with E-state index in [-0.39, 0.29) is 5.75 Å². The average molecular weight is 241 g/mol. The van der Waals surface area contributed by atoms with Crippen molar-refractivity contribution < 1.29 is 8.42 Å². The summed E-state index contributed by atoms with van der Waals surface area (Å²) in [4.78, 5) is 0. The fraction of sp³-hybridized carbons (Fsp3) is 0.300. The van der Waals surface area contributed by atoms with Crippen LogP contribution in [0, 0.1) is 11.3 Å². The van der Waals surface area contributed by atoms with Gasteiger partial charge in [0.1, 0.15) is 4.58 Å². The second-order valence-corrected chi connectivity index (χ2v) is 6.66.